The van der Waals surface area contributed by atoms with Crippen molar-refractivity contribution >= 4 is 52.1 Å². The number of halogens is 2. The molecule has 0 saturated carbocycles. The van der Waals surface area contributed by atoms with E-state index < -0.39 is 6.04 Å². The minimum Gasteiger partial charge on any atom is -0.497 e. The molecule has 2 amide bonds. The first-order valence-electron chi connectivity index (χ1n) is 10.9. The molecule has 0 aliphatic carbocycles. The van der Waals surface area contributed by atoms with Gasteiger partial charge in [0.05, 0.1) is 19.2 Å². The van der Waals surface area contributed by atoms with Crippen molar-refractivity contribution in [1.29, 1.82) is 0 Å². The summed E-state index contributed by atoms with van der Waals surface area (Å²) in [5.74, 6) is -0.334. The number of methoxy groups -OCH3 is 1. The summed E-state index contributed by atoms with van der Waals surface area (Å²) < 4.78 is 18.5. The molecule has 0 aromatic heterocycles. The maximum Gasteiger partial charge on any atom is 0.256 e. The summed E-state index contributed by atoms with van der Waals surface area (Å²) in [6.07, 6.45) is 0.430. The van der Waals surface area contributed by atoms with Crippen molar-refractivity contribution in [3.63, 3.8) is 0 Å². The van der Waals surface area contributed by atoms with Gasteiger partial charge in [-0.25, -0.2) is 4.39 Å². The normalized spacial score (nSPS) is 15.5. The Morgan fingerprint density at radius 2 is 1.83 bits per heavy atom. The summed E-state index contributed by atoms with van der Waals surface area (Å²) in [5, 5.41) is 3.66. The highest BCUT2D eigenvalue weighted by Crippen LogP contribution is 2.29. The maximum absolute atomic E-state index is 13.5. The molecule has 3 aromatic rings. The van der Waals surface area contributed by atoms with Crippen LogP contribution in [-0.2, 0) is 16.0 Å². The van der Waals surface area contributed by atoms with Gasteiger partial charge in [-0.1, -0.05) is 29.8 Å². The Morgan fingerprint density at radius 1 is 1.11 bits per heavy atom. The van der Waals surface area contributed by atoms with Gasteiger partial charge in [0.2, 0.25) is 5.91 Å². The standard InChI is InChI=1S/C26H23ClFN3O3S/c1-34-22-4-2-3-20(15-22)29-24(32)16-23-25(33)31(21-11-7-18(27)8-12-21)26(35)30(23)14-13-17-5-9-19(28)10-6-17/h2-12,15,23H,13-14,16H2,1H3,(H,29,32)/t23-/m0/s1. The van der Waals surface area contributed by atoms with Gasteiger partial charge >= 0.3 is 0 Å². The molecule has 9 heteroatoms. The first kappa shape index (κ1) is 24.6. The van der Waals surface area contributed by atoms with Crippen LogP contribution in [0.3, 0.4) is 0 Å². The number of anilines is 2. The first-order valence-corrected chi connectivity index (χ1v) is 11.7. The zero-order chi connectivity index (χ0) is 24.9. The Bertz CT molecular complexity index is 1240. The number of rotatable bonds is 8. The summed E-state index contributed by atoms with van der Waals surface area (Å²) in [4.78, 5) is 29.6. The van der Waals surface area contributed by atoms with E-state index in [2.05, 4.69) is 5.32 Å². The molecule has 4 rings (SSSR count). The van der Waals surface area contributed by atoms with Crippen molar-refractivity contribution in [2.24, 2.45) is 0 Å². The highest BCUT2D eigenvalue weighted by atomic mass is 35.5. The van der Waals surface area contributed by atoms with Crippen LogP contribution in [0.4, 0.5) is 15.8 Å². The van der Waals surface area contributed by atoms with Gasteiger partial charge in [-0.2, -0.15) is 0 Å². The topological polar surface area (TPSA) is 61.9 Å². The van der Waals surface area contributed by atoms with Crippen LogP contribution in [0.25, 0.3) is 0 Å². The number of carbonyl (C=O) groups excluding carboxylic acids is 2. The average Bonchev–Trinajstić information content (AvgIpc) is 3.08. The van der Waals surface area contributed by atoms with Crippen LogP contribution < -0.4 is 15.0 Å². The molecule has 0 spiro atoms. The van der Waals surface area contributed by atoms with E-state index in [9.17, 15) is 14.0 Å². The third-order valence-corrected chi connectivity index (χ3v) is 6.36. The molecule has 35 heavy (non-hydrogen) atoms. The number of thiocarbonyl (C=S) groups is 1. The average molecular weight is 512 g/mol. The molecule has 0 unspecified atom stereocenters. The van der Waals surface area contributed by atoms with Crippen molar-refractivity contribution in [2.75, 3.05) is 23.9 Å². The largest absolute Gasteiger partial charge is 0.497 e. The summed E-state index contributed by atoms with van der Waals surface area (Å²) >= 11 is 11.7. The summed E-state index contributed by atoms with van der Waals surface area (Å²) in [6, 6.07) is 19.1. The second-order valence-corrected chi connectivity index (χ2v) is 8.80. The molecule has 0 radical (unpaired) electrons. The van der Waals surface area contributed by atoms with Gasteiger partial charge in [0, 0.05) is 23.3 Å². The summed E-state index contributed by atoms with van der Waals surface area (Å²) in [5.41, 5.74) is 2.04. The van der Waals surface area contributed by atoms with Gasteiger partial charge in [0.1, 0.15) is 17.6 Å². The van der Waals surface area contributed by atoms with Gasteiger partial charge in [-0.3, -0.25) is 14.5 Å². The van der Waals surface area contributed by atoms with E-state index >= 15 is 0 Å². The van der Waals surface area contributed by atoms with E-state index in [1.54, 1.807) is 72.7 Å². The molecule has 6 nitrogen and oxygen atoms in total. The Kier molecular flexibility index (Phi) is 7.63. The first-order chi connectivity index (χ1) is 16.9. The van der Waals surface area contributed by atoms with Crippen molar-refractivity contribution in [2.45, 2.75) is 18.9 Å². The monoisotopic (exact) mass is 511 g/mol. The van der Waals surface area contributed by atoms with Crippen molar-refractivity contribution in [3.8, 4) is 5.75 Å². The predicted octanol–water partition coefficient (Wildman–Crippen LogP) is 5.06. The highest BCUT2D eigenvalue weighted by Gasteiger charge is 2.43. The maximum atomic E-state index is 13.5. The molecule has 3 aromatic carbocycles. The van der Waals surface area contributed by atoms with Crippen LogP contribution >= 0.6 is 23.8 Å². The Labute approximate surface area is 213 Å². The molecule has 180 valence electrons. The Balaban J connectivity index is 1.55. The SMILES string of the molecule is COc1cccc(NC(=O)C[C@H]2C(=O)N(c3ccc(Cl)cc3)C(=S)N2CCc2ccc(F)cc2)c1. The van der Waals surface area contributed by atoms with Crippen molar-refractivity contribution in [3.05, 3.63) is 89.2 Å². The Morgan fingerprint density at radius 3 is 2.51 bits per heavy atom. The van der Waals surface area contributed by atoms with Crippen LogP contribution in [0.15, 0.2) is 72.8 Å². The van der Waals surface area contributed by atoms with Crippen LogP contribution in [0, 0.1) is 5.82 Å². The van der Waals surface area contributed by atoms with Crippen LogP contribution in [0.5, 0.6) is 5.75 Å². The fraction of sp³-hybridized carbons (Fsp3) is 0.192. The number of hydrogen-bond donors (Lipinski definition) is 1. The zero-order valence-corrected chi connectivity index (χ0v) is 20.5. The van der Waals surface area contributed by atoms with Crippen LogP contribution in [-0.4, -0.2) is 41.5 Å². The molecule has 1 atom stereocenters. The molecule has 1 aliphatic rings. The number of nitrogens with one attached hydrogen (secondary N) is 1. The lowest BCUT2D eigenvalue weighted by Crippen LogP contribution is -2.39. The van der Waals surface area contributed by atoms with Gasteiger partial charge in [0.25, 0.3) is 5.91 Å². The van der Waals surface area contributed by atoms with E-state index in [0.717, 1.165) is 5.56 Å². The molecular formula is C26H23ClFN3O3S. The van der Waals surface area contributed by atoms with E-state index in [1.165, 1.54) is 17.0 Å². The fourth-order valence-corrected chi connectivity index (χ4v) is 4.44. The van der Waals surface area contributed by atoms with E-state index in [-0.39, 0.29) is 24.1 Å². The lowest BCUT2D eigenvalue weighted by atomic mass is 10.1. The fourth-order valence-electron chi connectivity index (χ4n) is 3.90. The third-order valence-electron chi connectivity index (χ3n) is 5.69. The lowest BCUT2D eigenvalue weighted by Gasteiger charge is -2.24. The minimum absolute atomic E-state index is 0.0936. The van der Waals surface area contributed by atoms with E-state index in [4.69, 9.17) is 28.6 Å². The highest BCUT2D eigenvalue weighted by molar-refractivity contribution is 7.80. The minimum atomic E-state index is -0.788. The van der Waals surface area contributed by atoms with E-state index in [1.807, 2.05) is 0 Å². The van der Waals surface area contributed by atoms with Gasteiger partial charge in [-0.15, -0.1) is 0 Å². The number of hydrogen-bond acceptors (Lipinski definition) is 4. The van der Waals surface area contributed by atoms with Gasteiger partial charge < -0.3 is 15.0 Å². The van der Waals surface area contributed by atoms with Crippen molar-refractivity contribution in [1.82, 2.24) is 4.90 Å². The number of carbonyl (C=O) groups is 2. The number of ether oxygens (including phenoxy) is 1. The summed E-state index contributed by atoms with van der Waals surface area (Å²) in [7, 11) is 1.55. The predicted molar refractivity (Wildman–Crippen MR) is 138 cm³/mol. The molecule has 1 heterocycles. The Hall–Kier alpha value is -3.49. The molecule has 1 N–H and O–H groups in total. The van der Waals surface area contributed by atoms with Crippen LogP contribution in [0.1, 0.15) is 12.0 Å². The number of amides is 2. The third kappa shape index (κ3) is 5.78. The lowest BCUT2D eigenvalue weighted by molar-refractivity contribution is -0.124. The number of benzene rings is 3. The smallest absolute Gasteiger partial charge is 0.256 e. The van der Waals surface area contributed by atoms with Gasteiger partial charge in [0.15, 0.2) is 5.11 Å². The van der Waals surface area contributed by atoms with E-state index in [0.29, 0.717) is 40.2 Å². The zero-order valence-electron chi connectivity index (χ0n) is 18.9. The second kappa shape index (κ2) is 10.8. The molecule has 1 saturated heterocycles. The van der Waals surface area contributed by atoms with Gasteiger partial charge in [-0.05, 0) is 72.7 Å². The molecule has 1 fully saturated rings. The second-order valence-electron chi connectivity index (χ2n) is 8.00. The molecule has 0 bridgehead atoms. The summed E-state index contributed by atoms with van der Waals surface area (Å²) in [6.45, 7) is 0.386. The quantitative estimate of drug-likeness (QED) is 0.428. The molecular weight excluding hydrogens is 489 g/mol. The number of nitrogens with zero attached hydrogens (tertiary/aromatic N) is 2. The molecule has 1 aliphatic heterocycles. The van der Waals surface area contributed by atoms with Crippen LogP contribution in [0.2, 0.25) is 5.02 Å². The van der Waals surface area contributed by atoms with Crippen molar-refractivity contribution < 1.29 is 18.7 Å².